The fourth-order valence-electron chi connectivity index (χ4n) is 3.96. The molecule has 3 rings (SSSR count). The van der Waals surface area contributed by atoms with E-state index in [-0.39, 0.29) is 36.3 Å². The first kappa shape index (κ1) is 19.3. The molecule has 3 amide bonds. The highest BCUT2D eigenvalue weighted by atomic mass is 35.5. The largest absolute Gasteiger partial charge is 0.352 e. The Labute approximate surface area is 151 Å². The fourth-order valence-corrected chi connectivity index (χ4v) is 3.96. The van der Waals surface area contributed by atoms with Crippen molar-refractivity contribution < 1.29 is 9.59 Å². The van der Waals surface area contributed by atoms with Gasteiger partial charge in [0.1, 0.15) is 0 Å². The van der Waals surface area contributed by atoms with Crippen molar-refractivity contribution in [2.24, 2.45) is 11.8 Å². The number of amides is 3. The minimum atomic E-state index is -0.0515. The van der Waals surface area contributed by atoms with Crippen molar-refractivity contribution in [2.75, 3.05) is 39.3 Å². The third-order valence-corrected chi connectivity index (χ3v) is 5.59. The molecule has 7 heteroatoms. The van der Waals surface area contributed by atoms with Crippen LogP contribution in [0.4, 0.5) is 4.79 Å². The quantitative estimate of drug-likeness (QED) is 0.785. The Morgan fingerprint density at radius 1 is 1.04 bits per heavy atom. The number of hydrogen-bond acceptors (Lipinski definition) is 3. The van der Waals surface area contributed by atoms with Gasteiger partial charge >= 0.3 is 6.03 Å². The molecule has 3 aliphatic rings. The Morgan fingerprint density at radius 3 is 2.46 bits per heavy atom. The van der Waals surface area contributed by atoms with Crippen LogP contribution in [0.3, 0.4) is 0 Å². The third kappa shape index (κ3) is 4.54. The molecule has 3 saturated heterocycles. The van der Waals surface area contributed by atoms with Crippen LogP contribution in [0.15, 0.2) is 0 Å². The van der Waals surface area contributed by atoms with Crippen LogP contribution in [-0.4, -0.2) is 67.0 Å². The van der Waals surface area contributed by atoms with Crippen LogP contribution in [0.2, 0.25) is 0 Å². The van der Waals surface area contributed by atoms with Crippen LogP contribution in [-0.2, 0) is 4.79 Å². The lowest BCUT2D eigenvalue weighted by Crippen LogP contribution is -2.54. The minimum Gasteiger partial charge on any atom is -0.352 e. The summed E-state index contributed by atoms with van der Waals surface area (Å²) >= 11 is 0. The lowest BCUT2D eigenvalue weighted by Gasteiger charge is -2.36. The van der Waals surface area contributed by atoms with Crippen molar-refractivity contribution in [3.05, 3.63) is 0 Å². The number of halogens is 1. The molecule has 0 aromatic carbocycles. The van der Waals surface area contributed by atoms with Crippen LogP contribution in [0.1, 0.15) is 39.0 Å². The summed E-state index contributed by atoms with van der Waals surface area (Å²) in [6, 6.07) is 0.355. The van der Waals surface area contributed by atoms with Crippen molar-refractivity contribution >= 4 is 24.3 Å². The molecule has 0 spiro atoms. The second kappa shape index (κ2) is 8.90. The van der Waals surface area contributed by atoms with Gasteiger partial charge in [0.25, 0.3) is 0 Å². The standard InChI is InChI=1S/C17H30N4O2.ClH/c1-13-6-7-18-11-15(13)19-16(22)14-5-4-10-21(12-14)17(23)20-8-2-3-9-20;/h13-15,18H,2-12H2,1H3,(H,19,22);1H. The highest BCUT2D eigenvalue weighted by Gasteiger charge is 2.33. The van der Waals surface area contributed by atoms with Gasteiger partial charge in [-0.2, -0.15) is 0 Å². The first-order chi connectivity index (χ1) is 11.1. The number of carbonyl (C=O) groups is 2. The van der Waals surface area contributed by atoms with Crippen LogP contribution >= 0.6 is 12.4 Å². The Bertz CT molecular complexity index is 442. The summed E-state index contributed by atoms with van der Waals surface area (Å²) in [5.74, 6) is 0.597. The van der Waals surface area contributed by atoms with E-state index in [1.54, 1.807) is 0 Å². The summed E-state index contributed by atoms with van der Waals surface area (Å²) in [7, 11) is 0. The molecule has 0 aromatic heterocycles. The van der Waals surface area contributed by atoms with Crippen molar-refractivity contribution in [3.63, 3.8) is 0 Å². The molecule has 0 bridgehead atoms. The monoisotopic (exact) mass is 358 g/mol. The smallest absolute Gasteiger partial charge is 0.320 e. The summed E-state index contributed by atoms with van der Waals surface area (Å²) in [5, 5.41) is 6.57. The van der Waals surface area contributed by atoms with E-state index in [0.717, 1.165) is 64.8 Å². The van der Waals surface area contributed by atoms with Gasteiger partial charge in [-0.15, -0.1) is 12.4 Å². The molecule has 138 valence electrons. The Morgan fingerprint density at radius 2 is 1.75 bits per heavy atom. The second-order valence-corrected chi connectivity index (χ2v) is 7.35. The zero-order valence-electron chi connectivity index (χ0n) is 14.6. The first-order valence-corrected chi connectivity index (χ1v) is 9.20. The predicted molar refractivity (Wildman–Crippen MR) is 96.3 cm³/mol. The average molecular weight is 359 g/mol. The first-order valence-electron chi connectivity index (χ1n) is 9.20. The molecule has 3 unspecified atom stereocenters. The van der Waals surface area contributed by atoms with Gasteiger partial charge in [-0.1, -0.05) is 6.92 Å². The number of nitrogens with zero attached hydrogens (tertiary/aromatic N) is 2. The van der Waals surface area contributed by atoms with Crippen molar-refractivity contribution in [1.82, 2.24) is 20.4 Å². The van der Waals surface area contributed by atoms with E-state index in [2.05, 4.69) is 17.6 Å². The number of carbonyl (C=O) groups excluding carboxylic acids is 2. The average Bonchev–Trinajstić information content (AvgIpc) is 3.11. The van der Waals surface area contributed by atoms with E-state index < -0.39 is 0 Å². The van der Waals surface area contributed by atoms with E-state index in [1.807, 2.05) is 9.80 Å². The van der Waals surface area contributed by atoms with E-state index >= 15 is 0 Å². The number of likely N-dealkylation sites (tertiary alicyclic amines) is 2. The highest BCUT2D eigenvalue weighted by Crippen LogP contribution is 2.21. The highest BCUT2D eigenvalue weighted by molar-refractivity contribution is 5.85. The zero-order valence-corrected chi connectivity index (χ0v) is 15.4. The van der Waals surface area contributed by atoms with Gasteiger partial charge in [0.15, 0.2) is 0 Å². The summed E-state index contributed by atoms with van der Waals surface area (Å²) < 4.78 is 0. The normalized spacial score (nSPS) is 30.6. The number of piperidine rings is 2. The lowest BCUT2D eigenvalue weighted by atomic mass is 9.92. The molecule has 0 radical (unpaired) electrons. The number of urea groups is 1. The molecule has 3 atom stereocenters. The van der Waals surface area contributed by atoms with Gasteiger partial charge in [0.2, 0.25) is 5.91 Å². The van der Waals surface area contributed by atoms with Gasteiger partial charge in [-0.25, -0.2) is 4.79 Å². The van der Waals surface area contributed by atoms with Crippen molar-refractivity contribution in [3.8, 4) is 0 Å². The topological polar surface area (TPSA) is 64.7 Å². The lowest BCUT2D eigenvalue weighted by molar-refractivity contribution is -0.127. The molecule has 3 heterocycles. The fraction of sp³-hybridized carbons (Fsp3) is 0.882. The Kier molecular flexibility index (Phi) is 7.16. The molecule has 2 N–H and O–H groups in total. The van der Waals surface area contributed by atoms with Crippen molar-refractivity contribution in [2.45, 2.75) is 45.1 Å². The Hall–Kier alpha value is -1.01. The van der Waals surface area contributed by atoms with Gasteiger partial charge in [0.05, 0.1) is 5.92 Å². The maximum atomic E-state index is 12.6. The molecular weight excluding hydrogens is 328 g/mol. The number of hydrogen-bond donors (Lipinski definition) is 2. The van der Waals surface area contributed by atoms with Gasteiger partial charge in [-0.3, -0.25) is 4.79 Å². The molecule has 3 aliphatic heterocycles. The molecule has 0 aliphatic carbocycles. The molecule has 3 fully saturated rings. The maximum absolute atomic E-state index is 12.6. The van der Waals surface area contributed by atoms with Crippen LogP contribution in [0.5, 0.6) is 0 Å². The van der Waals surface area contributed by atoms with E-state index in [9.17, 15) is 9.59 Å². The van der Waals surface area contributed by atoms with E-state index in [4.69, 9.17) is 0 Å². The van der Waals surface area contributed by atoms with Crippen LogP contribution < -0.4 is 10.6 Å². The summed E-state index contributed by atoms with van der Waals surface area (Å²) in [4.78, 5) is 29.0. The number of rotatable bonds is 2. The molecule has 0 aromatic rings. The van der Waals surface area contributed by atoms with Gasteiger partial charge in [0, 0.05) is 38.8 Å². The summed E-state index contributed by atoms with van der Waals surface area (Å²) in [5.41, 5.74) is 0. The van der Waals surface area contributed by atoms with E-state index in [1.165, 1.54) is 0 Å². The summed E-state index contributed by atoms with van der Waals surface area (Å²) in [6.07, 6.45) is 5.14. The van der Waals surface area contributed by atoms with Crippen LogP contribution in [0, 0.1) is 11.8 Å². The van der Waals surface area contributed by atoms with Gasteiger partial charge < -0.3 is 20.4 Å². The Balaban J connectivity index is 0.00000208. The molecule has 0 saturated carbocycles. The molecule has 6 nitrogen and oxygen atoms in total. The zero-order chi connectivity index (χ0) is 16.2. The molecule has 24 heavy (non-hydrogen) atoms. The SMILES string of the molecule is CC1CCNCC1NC(=O)C1CCCN(C(=O)N2CCCC2)C1.Cl. The van der Waals surface area contributed by atoms with Gasteiger partial charge in [-0.05, 0) is 44.6 Å². The molecular formula is C17H31ClN4O2. The summed E-state index contributed by atoms with van der Waals surface area (Å²) in [6.45, 7) is 7.21. The second-order valence-electron chi connectivity index (χ2n) is 7.35. The minimum absolute atomic E-state index is 0. The van der Waals surface area contributed by atoms with E-state index in [0.29, 0.717) is 12.5 Å². The number of nitrogens with one attached hydrogen (secondary N) is 2. The maximum Gasteiger partial charge on any atom is 0.320 e. The third-order valence-electron chi connectivity index (χ3n) is 5.59. The predicted octanol–water partition coefficient (Wildman–Crippen LogP) is 1.45. The van der Waals surface area contributed by atoms with Crippen LogP contribution in [0.25, 0.3) is 0 Å². The van der Waals surface area contributed by atoms with Crippen molar-refractivity contribution in [1.29, 1.82) is 0 Å².